The van der Waals surface area contributed by atoms with E-state index in [1.807, 2.05) is 0 Å². The van der Waals surface area contributed by atoms with Crippen LogP contribution in [0.2, 0.25) is 0 Å². The Morgan fingerprint density at radius 1 is 1.06 bits per heavy atom. The van der Waals surface area contributed by atoms with Gasteiger partial charge in [-0.15, -0.1) is 0 Å². The third-order valence-electron chi connectivity index (χ3n) is 3.99. The van der Waals surface area contributed by atoms with E-state index < -0.39 is 6.16 Å². The van der Waals surface area contributed by atoms with Gasteiger partial charge in [-0.05, 0) is 38.0 Å². The summed E-state index contributed by atoms with van der Waals surface area (Å²) >= 11 is 0. The molecule has 0 aromatic carbocycles. The van der Waals surface area contributed by atoms with Crippen LogP contribution in [-0.2, 0) is 19.0 Å². The summed E-state index contributed by atoms with van der Waals surface area (Å²) in [7, 11) is 0. The molecule has 3 aliphatic carbocycles. The first kappa shape index (κ1) is 13.2. The number of esters is 1. The van der Waals surface area contributed by atoms with E-state index in [4.69, 9.17) is 4.74 Å². The van der Waals surface area contributed by atoms with Crippen molar-refractivity contribution in [3.8, 4) is 0 Å². The molecule has 0 aromatic rings. The van der Waals surface area contributed by atoms with Gasteiger partial charge in [0.2, 0.25) is 6.79 Å². The molecule has 1 unspecified atom stereocenters. The molecule has 1 atom stereocenters. The fraction of sp³-hybridized carbons (Fsp3) is 0.846. The summed E-state index contributed by atoms with van der Waals surface area (Å²) in [6.07, 6.45) is 4.88. The summed E-state index contributed by atoms with van der Waals surface area (Å²) in [6, 6.07) is 0. The lowest BCUT2D eigenvalue weighted by molar-refractivity contribution is -0.164. The summed E-state index contributed by atoms with van der Waals surface area (Å²) < 4.78 is 14.2. The van der Waals surface area contributed by atoms with Crippen LogP contribution in [0.15, 0.2) is 0 Å². The molecule has 0 amide bonds. The molecule has 0 N–H and O–H groups in total. The molecule has 5 heteroatoms. The van der Waals surface area contributed by atoms with Gasteiger partial charge in [0.25, 0.3) is 0 Å². The number of carbonyl (C=O) groups excluding carboxylic acids is 2. The van der Waals surface area contributed by atoms with Gasteiger partial charge in [-0.3, -0.25) is 4.79 Å². The molecule has 0 heterocycles. The maximum absolute atomic E-state index is 11.9. The van der Waals surface area contributed by atoms with Gasteiger partial charge in [0.1, 0.15) is 0 Å². The first-order valence-corrected chi connectivity index (χ1v) is 6.67. The van der Waals surface area contributed by atoms with E-state index in [1.165, 1.54) is 12.8 Å². The van der Waals surface area contributed by atoms with Gasteiger partial charge in [-0.25, -0.2) is 4.79 Å². The third-order valence-corrected chi connectivity index (χ3v) is 3.99. The minimum atomic E-state index is -0.796. The van der Waals surface area contributed by atoms with Crippen LogP contribution in [0.25, 0.3) is 0 Å². The quantitative estimate of drug-likeness (QED) is 0.571. The van der Waals surface area contributed by atoms with E-state index in [-0.39, 0.29) is 25.3 Å². The lowest BCUT2D eigenvalue weighted by Crippen LogP contribution is -2.37. The van der Waals surface area contributed by atoms with Gasteiger partial charge in [0.05, 0.1) is 12.5 Å². The second-order valence-corrected chi connectivity index (χ2v) is 5.03. The molecular formula is C13H20O5. The standard InChI is InChI=1S/C13H20O5/c1-2-16-13(15)18-8-17-12(14)11-7-9-3-5-10(11)6-4-9/h9-11H,2-8H2,1H3. The molecule has 5 nitrogen and oxygen atoms in total. The average Bonchev–Trinajstić information content (AvgIpc) is 2.40. The smallest absolute Gasteiger partial charge is 0.435 e. The zero-order valence-corrected chi connectivity index (χ0v) is 10.7. The molecule has 18 heavy (non-hydrogen) atoms. The lowest BCUT2D eigenvalue weighted by Gasteiger charge is -2.40. The van der Waals surface area contributed by atoms with Crippen molar-refractivity contribution in [2.75, 3.05) is 13.4 Å². The molecular weight excluding hydrogens is 236 g/mol. The first-order valence-electron chi connectivity index (χ1n) is 6.67. The minimum Gasteiger partial charge on any atom is -0.435 e. The highest BCUT2D eigenvalue weighted by molar-refractivity contribution is 5.73. The average molecular weight is 256 g/mol. The maximum atomic E-state index is 11.9. The van der Waals surface area contributed by atoms with Crippen LogP contribution < -0.4 is 0 Å². The van der Waals surface area contributed by atoms with Crippen molar-refractivity contribution < 1.29 is 23.8 Å². The monoisotopic (exact) mass is 256 g/mol. The lowest BCUT2D eigenvalue weighted by atomic mass is 9.65. The summed E-state index contributed by atoms with van der Waals surface area (Å²) in [5.41, 5.74) is 0. The molecule has 3 fully saturated rings. The van der Waals surface area contributed by atoms with Gasteiger partial charge < -0.3 is 14.2 Å². The van der Waals surface area contributed by atoms with Crippen LogP contribution in [0.5, 0.6) is 0 Å². The Kier molecular flexibility index (Phi) is 4.44. The normalized spacial score (nSPS) is 29.7. The van der Waals surface area contributed by atoms with Crippen molar-refractivity contribution in [2.45, 2.75) is 39.0 Å². The molecule has 0 radical (unpaired) electrons. The number of hydrogen-bond donors (Lipinski definition) is 0. The van der Waals surface area contributed by atoms with Crippen LogP contribution in [0.1, 0.15) is 39.0 Å². The predicted octanol–water partition coefficient (Wildman–Crippen LogP) is 2.49. The topological polar surface area (TPSA) is 61.8 Å². The van der Waals surface area contributed by atoms with E-state index in [1.54, 1.807) is 6.92 Å². The highest BCUT2D eigenvalue weighted by Gasteiger charge is 2.40. The van der Waals surface area contributed by atoms with Crippen LogP contribution >= 0.6 is 0 Å². The number of fused-ring (bicyclic) bond motifs is 3. The Labute approximate surface area is 107 Å². The van der Waals surface area contributed by atoms with Crippen molar-refractivity contribution in [3.05, 3.63) is 0 Å². The van der Waals surface area contributed by atoms with Crippen LogP contribution in [0, 0.1) is 17.8 Å². The van der Waals surface area contributed by atoms with E-state index in [0.29, 0.717) is 11.8 Å². The molecule has 3 saturated carbocycles. The van der Waals surface area contributed by atoms with E-state index in [0.717, 1.165) is 19.3 Å². The Balaban J connectivity index is 1.70. The summed E-state index contributed by atoms with van der Waals surface area (Å²) in [6.45, 7) is 1.59. The molecule has 0 spiro atoms. The predicted molar refractivity (Wildman–Crippen MR) is 62.6 cm³/mol. The Morgan fingerprint density at radius 3 is 2.33 bits per heavy atom. The van der Waals surface area contributed by atoms with Crippen molar-refractivity contribution in [3.63, 3.8) is 0 Å². The number of carbonyl (C=O) groups is 2. The number of hydrogen-bond acceptors (Lipinski definition) is 5. The van der Waals surface area contributed by atoms with Crippen molar-refractivity contribution in [2.24, 2.45) is 17.8 Å². The Bertz CT molecular complexity index is 307. The van der Waals surface area contributed by atoms with Gasteiger partial charge in [0, 0.05) is 0 Å². The zero-order valence-electron chi connectivity index (χ0n) is 10.7. The molecule has 0 aromatic heterocycles. The largest absolute Gasteiger partial charge is 0.511 e. The summed E-state index contributed by atoms with van der Waals surface area (Å²) in [5, 5.41) is 0. The molecule has 3 rings (SSSR count). The molecule has 3 aliphatic rings. The van der Waals surface area contributed by atoms with Gasteiger partial charge in [0.15, 0.2) is 0 Å². The second kappa shape index (κ2) is 6.07. The first-order chi connectivity index (χ1) is 8.70. The fourth-order valence-corrected chi connectivity index (χ4v) is 3.07. The molecule has 0 saturated heterocycles. The van der Waals surface area contributed by atoms with E-state index >= 15 is 0 Å². The number of ether oxygens (including phenoxy) is 3. The molecule has 0 aliphatic heterocycles. The van der Waals surface area contributed by atoms with Crippen LogP contribution in [0.3, 0.4) is 0 Å². The summed E-state index contributed by atoms with van der Waals surface area (Å²) in [4.78, 5) is 22.8. The highest BCUT2D eigenvalue weighted by Crippen LogP contribution is 2.45. The SMILES string of the molecule is CCOC(=O)OCOC(=O)C1CC2CCC1CC2. The third kappa shape index (κ3) is 3.15. The maximum Gasteiger partial charge on any atom is 0.511 e. The van der Waals surface area contributed by atoms with E-state index in [2.05, 4.69) is 9.47 Å². The Hall–Kier alpha value is -1.26. The fourth-order valence-electron chi connectivity index (χ4n) is 3.07. The molecule has 2 bridgehead atoms. The van der Waals surface area contributed by atoms with Crippen molar-refractivity contribution >= 4 is 12.1 Å². The Morgan fingerprint density at radius 2 is 1.78 bits per heavy atom. The van der Waals surface area contributed by atoms with Crippen molar-refractivity contribution in [1.29, 1.82) is 0 Å². The highest BCUT2D eigenvalue weighted by atomic mass is 16.8. The van der Waals surface area contributed by atoms with Gasteiger partial charge in [-0.1, -0.05) is 12.8 Å². The minimum absolute atomic E-state index is 0.00305. The summed E-state index contributed by atoms with van der Waals surface area (Å²) in [5.74, 6) is 0.917. The van der Waals surface area contributed by atoms with Gasteiger partial charge in [-0.2, -0.15) is 0 Å². The number of rotatable bonds is 4. The van der Waals surface area contributed by atoms with E-state index in [9.17, 15) is 9.59 Å². The van der Waals surface area contributed by atoms with Crippen LogP contribution in [0.4, 0.5) is 4.79 Å². The second-order valence-electron chi connectivity index (χ2n) is 5.03. The van der Waals surface area contributed by atoms with Crippen molar-refractivity contribution in [1.82, 2.24) is 0 Å². The van der Waals surface area contributed by atoms with Gasteiger partial charge >= 0.3 is 12.1 Å². The molecule has 102 valence electrons. The van der Waals surface area contributed by atoms with Crippen LogP contribution in [-0.4, -0.2) is 25.5 Å². The zero-order chi connectivity index (χ0) is 13.0.